The molecule has 1 aromatic carbocycles. The highest BCUT2D eigenvalue weighted by atomic mass is 16.5. The number of anilines is 1. The van der Waals surface area contributed by atoms with Gasteiger partial charge in [0.05, 0.1) is 24.2 Å². The molecule has 1 amide bonds. The van der Waals surface area contributed by atoms with E-state index in [2.05, 4.69) is 15.5 Å². The van der Waals surface area contributed by atoms with Crippen LogP contribution in [0, 0.1) is 6.92 Å². The summed E-state index contributed by atoms with van der Waals surface area (Å²) in [5.41, 5.74) is 3.70. The highest BCUT2D eigenvalue weighted by Gasteiger charge is 2.17. The zero-order valence-corrected chi connectivity index (χ0v) is 13.3. The van der Waals surface area contributed by atoms with Crippen LogP contribution in [0.3, 0.4) is 0 Å². The number of amides is 1. The first-order valence-corrected chi connectivity index (χ1v) is 7.22. The van der Waals surface area contributed by atoms with E-state index >= 15 is 0 Å². The molecule has 3 aromatic rings. The van der Waals surface area contributed by atoms with E-state index in [0.717, 1.165) is 17.1 Å². The van der Waals surface area contributed by atoms with E-state index in [1.165, 1.54) is 0 Å². The van der Waals surface area contributed by atoms with Crippen LogP contribution >= 0.6 is 0 Å². The molecule has 0 atom stereocenters. The second-order valence-electron chi connectivity index (χ2n) is 5.26. The normalized spacial score (nSPS) is 10.6. The summed E-state index contributed by atoms with van der Waals surface area (Å²) in [7, 11) is 3.53. The lowest BCUT2D eigenvalue weighted by molar-refractivity contribution is 0.102. The van der Waals surface area contributed by atoms with Gasteiger partial charge in [0.2, 0.25) is 0 Å². The first-order valence-electron chi connectivity index (χ1n) is 7.22. The third-order valence-corrected chi connectivity index (χ3v) is 3.72. The van der Waals surface area contributed by atoms with Gasteiger partial charge in [0.25, 0.3) is 5.91 Å². The Morgan fingerprint density at radius 2 is 2.00 bits per heavy atom. The molecule has 2 heterocycles. The van der Waals surface area contributed by atoms with Crippen LogP contribution in [0.5, 0.6) is 5.75 Å². The number of methoxy groups -OCH3 is 1. The average molecular weight is 310 g/mol. The Bertz CT molecular complexity index is 831. The maximum Gasteiger partial charge on any atom is 0.255 e. The molecule has 23 heavy (non-hydrogen) atoms. The molecule has 0 unspecified atom stereocenters. The van der Waals surface area contributed by atoms with Crippen molar-refractivity contribution in [2.45, 2.75) is 6.92 Å². The Morgan fingerprint density at radius 1 is 1.26 bits per heavy atom. The van der Waals surface area contributed by atoms with Gasteiger partial charge in [0.15, 0.2) is 0 Å². The molecule has 0 saturated carbocycles. The third kappa shape index (κ3) is 2.83. The largest absolute Gasteiger partial charge is 0.497 e. The number of hydrogen-bond donors (Lipinski definition) is 2. The van der Waals surface area contributed by atoms with Gasteiger partial charge in [-0.1, -0.05) is 0 Å². The van der Waals surface area contributed by atoms with E-state index in [-0.39, 0.29) is 5.91 Å². The van der Waals surface area contributed by atoms with Crippen LogP contribution in [0.4, 0.5) is 5.69 Å². The van der Waals surface area contributed by atoms with Crippen molar-refractivity contribution in [1.82, 2.24) is 14.8 Å². The van der Waals surface area contributed by atoms with Gasteiger partial charge in [-0.25, -0.2) is 0 Å². The summed E-state index contributed by atoms with van der Waals surface area (Å²) < 4.78 is 7.06. The molecule has 118 valence electrons. The summed E-state index contributed by atoms with van der Waals surface area (Å²) in [4.78, 5) is 12.5. The third-order valence-electron chi connectivity index (χ3n) is 3.72. The molecule has 0 aliphatic carbocycles. The minimum Gasteiger partial charge on any atom is -0.497 e. The standard InChI is InChI=1S/C17H18N4O2/c1-11-15(16(20-19-11)14-5-4-10-21(14)2)18-17(22)12-6-8-13(23-3)9-7-12/h4-10H,1-3H3,(H,18,22)(H,19,20). The van der Waals surface area contributed by atoms with E-state index in [1.54, 1.807) is 31.4 Å². The molecule has 0 saturated heterocycles. The van der Waals surface area contributed by atoms with E-state index < -0.39 is 0 Å². The highest BCUT2D eigenvalue weighted by molar-refractivity contribution is 6.06. The number of ether oxygens (including phenoxy) is 1. The van der Waals surface area contributed by atoms with E-state index in [0.29, 0.717) is 17.0 Å². The number of aryl methyl sites for hydroxylation is 2. The summed E-state index contributed by atoms with van der Waals surface area (Å²) in [6.07, 6.45) is 1.94. The van der Waals surface area contributed by atoms with Gasteiger partial charge in [-0.05, 0) is 43.3 Å². The van der Waals surface area contributed by atoms with E-state index in [1.807, 2.05) is 36.9 Å². The maximum absolute atomic E-state index is 12.5. The second kappa shape index (κ2) is 6.00. The summed E-state index contributed by atoms with van der Waals surface area (Å²) in [6.45, 7) is 1.88. The number of carbonyl (C=O) groups is 1. The van der Waals surface area contributed by atoms with Crippen molar-refractivity contribution in [3.63, 3.8) is 0 Å². The van der Waals surface area contributed by atoms with Crippen molar-refractivity contribution in [2.24, 2.45) is 7.05 Å². The molecule has 0 aliphatic heterocycles. The summed E-state index contributed by atoms with van der Waals surface area (Å²) in [5.74, 6) is 0.526. The van der Waals surface area contributed by atoms with Crippen LogP contribution in [-0.4, -0.2) is 27.8 Å². The Balaban J connectivity index is 1.89. The maximum atomic E-state index is 12.5. The average Bonchev–Trinajstić information content (AvgIpc) is 3.14. The van der Waals surface area contributed by atoms with Gasteiger partial charge >= 0.3 is 0 Å². The van der Waals surface area contributed by atoms with Crippen molar-refractivity contribution in [3.05, 3.63) is 53.9 Å². The zero-order chi connectivity index (χ0) is 16.4. The fourth-order valence-electron chi connectivity index (χ4n) is 2.40. The summed E-state index contributed by atoms with van der Waals surface area (Å²) >= 11 is 0. The number of carbonyl (C=O) groups excluding carboxylic acids is 1. The van der Waals surface area contributed by atoms with E-state index in [9.17, 15) is 4.79 Å². The zero-order valence-electron chi connectivity index (χ0n) is 13.3. The fourth-order valence-corrected chi connectivity index (χ4v) is 2.40. The molecule has 3 rings (SSSR count). The smallest absolute Gasteiger partial charge is 0.255 e. The van der Waals surface area contributed by atoms with Gasteiger partial charge in [0, 0.05) is 18.8 Å². The highest BCUT2D eigenvalue weighted by Crippen LogP contribution is 2.28. The lowest BCUT2D eigenvalue weighted by atomic mass is 10.2. The number of aromatic nitrogens is 3. The molecule has 2 N–H and O–H groups in total. The van der Waals surface area contributed by atoms with E-state index in [4.69, 9.17) is 4.74 Å². The van der Waals surface area contributed by atoms with Crippen LogP contribution < -0.4 is 10.1 Å². The molecule has 0 fully saturated rings. The van der Waals surface area contributed by atoms with Crippen LogP contribution in [0.15, 0.2) is 42.6 Å². The van der Waals surface area contributed by atoms with Crippen molar-refractivity contribution < 1.29 is 9.53 Å². The number of benzene rings is 1. The topological polar surface area (TPSA) is 71.9 Å². The van der Waals surface area contributed by atoms with Gasteiger partial charge in [0.1, 0.15) is 11.4 Å². The van der Waals surface area contributed by atoms with Crippen LogP contribution in [0.25, 0.3) is 11.4 Å². The summed E-state index contributed by atoms with van der Waals surface area (Å²) in [6, 6.07) is 10.9. The number of hydrogen-bond acceptors (Lipinski definition) is 3. The van der Waals surface area contributed by atoms with Crippen molar-refractivity contribution in [2.75, 3.05) is 12.4 Å². The molecule has 0 bridgehead atoms. The monoisotopic (exact) mass is 310 g/mol. The molecular weight excluding hydrogens is 292 g/mol. The molecule has 0 spiro atoms. The van der Waals surface area contributed by atoms with Gasteiger partial charge in [-0.3, -0.25) is 9.89 Å². The molecule has 2 aromatic heterocycles. The van der Waals surface area contributed by atoms with Gasteiger partial charge < -0.3 is 14.6 Å². The lowest BCUT2D eigenvalue weighted by Crippen LogP contribution is -2.13. The van der Waals surface area contributed by atoms with Crippen LogP contribution in [-0.2, 0) is 7.05 Å². The predicted molar refractivity (Wildman–Crippen MR) is 88.7 cm³/mol. The Morgan fingerprint density at radius 3 is 2.61 bits per heavy atom. The summed E-state index contributed by atoms with van der Waals surface area (Å²) in [5, 5.41) is 10.2. The lowest BCUT2D eigenvalue weighted by Gasteiger charge is -2.08. The molecular formula is C17H18N4O2. The quantitative estimate of drug-likeness (QED) is 0.778. The van der Waals surface area contributed by atoms with Gasteiger partial charge in [-0.2, -0.15) is 5.10 Å². The second-order valence-corrected chi connectivity index (χ2v) is 5.26. The number of aromatic amines is 1. The van der Waals surface area contributed by atoms with Crippen molar-refractivity contribution >= 4 is 11.6 Å². The van der Waals surface area contributed by atoms with Crippen molar-refractivity contribution in [1.29, 1.82) is 0 Å². The Hall–Kier alpha value is -3.02. The number of rotatable bonds is 4. The fraction of sp³-hybridized carbons (Fsp3) is 0.176. The minimum absolute atomic E-state index is 0.187. The number of H-pyrrole nitrogens is 1. The van der Waals surface area contributed by atoms with Gasteiger partial charge in [-0.15, -0.1) is 0 Å². The predicted octanol–water partition coefficient (Wildman–Crippen LogP) is 2.98. The molecule has 0 radical (unpaired) electrons. The number of nitrogens with zero attached hydrogens (tertiary/aromatic N) is 2. The minimum atomic E-state index is -0.187. The Labute approximate surface area is 134 Å². The first kappa shape index (κ1) is 14.9. The van der Waals surface area contributed by atoms with Crippen molar-refractivity contribution in [3.8, 4) is 17.1 Å². The van der Waals surface area contributed by atoms with Crippen LogP contribution in [0.2, 0.25) is 0 Å². The van der Waals surface area contributed by atoms with Crippen LogP contribution in [0.1, 0.15) is 16.1 Å². The molecule has 6 heteroatoms. The molecule has 6 nitrogen and oxygen atoms in total. The Kier molecular flexibility index (Phi) is 3.89. The first-order chi connectivity index (χ1) is 11.1. The molecule has 0 aliphatic rings. The number of nitrogens with one attached hydrogen (secondary N) is 2. The SMILES string of the molecule is COc1ccc(C(=O)Nc2c(-c3cccn3C)n[nH]c2C)cc1.